The van der Waals surface area contributed by atoms with Gasteiger partial charge in [0.15, 0.2) is 0 Å². The van der Waals surface area contributed by atoms with Gasteiger partial charge >= 0.3 is 0 Å². The van der Waals surface area contributed by atoms with Crippen molar-refractivity contribution in [2.45, 2.75) is 44.4 Å². The summed E-state index contributed by atoms with van der Waals surface area (Å²) in [5, 5.41) is 0. The highest BCUT2D eigenvalue weighted by Gasteiger charge is 2.25. The molecule has 92 valence electrons. The lowest BCUT2D eigenvalue weighted by molar-refractivity contribution is 0.234. The number of nitrogens with two attached hydrogens (primary N) is 1. The third-order valence-electron chi connectivity index (χ3n) is 2.56. The van der Waals surface area contributed by atoms with Crippen molar-refractivity contribution < 1.29 is 0 Å². The van der Waals surface area contributed by atoms with E-state index >= 15 is 0 Å². The van der Waals surface area contributed by atoms with Crippen molar-refractivity contribution in [3.8, 4) is 0 Å². The monoisotopic (exact) mass is 252 g/mol. The van der Waals surface area contributed by atoms with Crippen LogP contribution in [0.3, 0.4) is 0 Å². The highest BCUT2D eigenvalue weighted by atomic mass is 35.5. The molecular weight excluding hydrogens is 228 g/mol. The van der Waals surface area contributed by atoms with Crippen LogP contribution in [-0.2, 0) is 0 Å². The molecule has 1 heterocycles. The number of rotatable bonds is 2. The lowest BCUT2D eigenvalue weighted by Crippen LogP contribution is -2.46. The van der Waals surface area contributed by atoms with Crippen LogP contribution in [0.1, 0.15) is 34.1 Å². The fourth-order valence-electron chi connectivity index (χ4n) is 1.80. The van der Waals surface area contributed by atoms with Crippen molar-refractivity contribution >= 4 is 24.2 Å². The molecule has 1 saturated heterocycles. The second kappa shape index (κ2) is 5.76. The molecule has 1 aliphatic rings. The first-order valence-electron chi connectivity index (χ1n) is 5.44. The molecule has 4 heteroatoms. The predicted molar refractivity (Wildman–Crippen MR) is 73.1 cm³/mol. The van der Waals surface area contributed by atoms with Crippen molar-refractivity contribution in [3.63, 3.8) is 0 Å². The van der Waals surface area contributed by atoms with Gasteiger partial charge in [-0.1, -0.05) is 13.8 Å². The molecule has 0 bridgehead atoms. The average Bonchev–Trinajstić information content (AvgIpc) is 2.10. The largest absolute Gasteiger partial charge is 0.324 e. The van der Waals surface area contributed by atoms with Gasteiger partial charge in [-0.3, -0.25) is 0 Å². The van der Waals surface area contributed by atoms with E-state index in [-0.39, 0.29) is 17.9 Å². The van der Waals surface area contributed by atoms with E-state index in [0.29, 0.717) is 4.75 Å². The minimum Gasteiger partial charge on any atom is -0.324 e. The Hall–Kier alpha value is 0.560. The summed E-state index contributed by atoms with van der Waals surface area (Å²) in [6.07, 6.45) is 1.27. The highest BCUT2D eigenvalue weighted by Crippen LogP contribution is 2.30. The van der Waals surface area contributed by atoms with Gasteiger partial charge < -0.3 is 10.6 Å². The van der Waals surface area contributed by atoms with Crippen LogP contribution in [0.5, 0.6) is 0 Å². The van der Waals surface area contributed by atoms with E-state index in [4.69, 9.17) is 5.73 Å². The number of halogens is 1. The molecule has 0 spiro atoms. The Morgan fingerprint density at radius 3 is 2.47 bits per heavy atom. The minimum absolute atomic E-state index is 0. The van der Waals surface area contributed by atoms with Gasteiger partial charge in [0.2, 0.25) is 0 Å². The van der Waals surface area contributed by atoms with Crippen LogP contribution in [0.4, 0.5) is 0 Å². The van der Waals surface area contributed by atoms with Gasteiger partial charge in [0.05, 0.1) is 0 Å². The summed E-state index contributed by atoms with van der Waals surface area (Å²) in [4.78, 5) is 2.50. The maximum absolute atomic E-state index is 6.04. The summed E-state index contributed by atoms with van der Waals surface area (Å²) < 4.78 is 0.452. The zero-order valence-electron chi connectivity index (χ0n) is 10.4. The zero-order valence-corrected chi connectivity index (χ0v) is 12.0. The number of nitrogens with zero attached hydrogens (tertiary/aromatic N) is 1. The SMILES string of the molecule is CC(C)(N)CN1CCSC(C)(C)CC1.Cl. The topological polar surface area (TPSA) is 29.3 Å². The Morgan fingerprint density at radius 2 is 1.93 bits per heavy atom. The van der Waals surface area contributed by atoms with Crippen molar-refractivity contribution in [2.75, 3.05) is 25.4 Å². The summed E-state index contributed by atoms with van der Waals surface area (Å²) in [6.45, 7) is 12.3. The van der Waals surface area contributed by atoms with Gasteiger partial charge in [-0.25, -0.2) is 0 Å². The van der Waals surface area contributed by atoms with Crippen LogP contribution in [0.2, 0.25) is 0 Å². The van der Waals surface area contributed by atoms with E-state index < -0.39 is 0 Å². The Balaban J connectivity index is 0.00000196. The van der Waals surface area contributed by atoms with Crippen LogP contribution in [0.15, 0.2) is 0 Å². The van der Waals surface area contributed by atoms with Crippen LogP contribution in [-0.4, -0.2) is 40.6 Å². The highest BCUT2D eigenvalue weighted by molar-refractivity contribution is 8.00. The van der Waals surface area contributed by atoms with E-state index in [1.165, 1.54) is 25.3 Å². The molecule has 1 aliphatic heterocycles. The summed E-state index contributed by atoms with van der Waals surface area (Å²) >= 11 is 2.09. The van der Waals surface area contributed by atoms with Crippen LogP contribution >= 0.6 is 24.2 Å². The molecule has 1 fully saturated rings. The van der Waals surface area contributed by atoms with E-state index in [9.17, 15) is 0 Å². The van der Waals surface area contributed by atoms with E-state index in [1.54, 1.807) is 0 Å². The Kier molecular flexibility index (Phi) is 5.97. The Labute approximate surface area is 105 Å². The molecule has 0 saturated carbocycles. The second-order valence-electron chi connectivity index (χ2n) is 5.62. The third-order valence-corrected chi connectivity index (χ3v) is 3.93. The van der Waals surface area contributed by atoms with E-state index in [1.807, 2.05) is 0 Å². The van der Waals surface area contributed by atoms with Crippen LogP contribution < -0.4 is 5.73 Å². The first kappa shape index (κ1) is 15.6. The maximum Gasteiger partial charge on any atom is 0.0226 e. The molecular formula is C11H25ClN2S. The second-order valence-corrected chi connectivity index (χ2v) is 7.42. The molecule has 2 nitrogen and oxygen atoms in total. The Morgan fingerprint density at radius 1 is 1.33 bits per heavy atom. The molecule has 0 aromatic rings. The molecule has 1 rings (SSSR count). The quantitative estimate of drug-likeness (QED) is 0.818. The van der Waals surface area contributed by atoms with E-state index in [2.05, 4.69) is 44.4 Å². The normalized spacial score (nSPS) is 23.0. The van der Waals surface area contributed by atoms with Crippen LogP contribution in [0.25, 0.3) is 0 Å². The molecule has 0 radical (unpaired) electrons. The first-order chi connectivity index (χ1) is 6.29. The molecule has 15 heavy (non-hydrogen) atoms. The van der Waals surface area contributed by atoms with Crippen LogP contribution in [0, 0.1) is 0 Å². The lowest BCUT2D eigenvalue weighted by atomic mass is 10.1. The fourth-order valence-corrected chi connectivity index (χ4v) is 2.93. The molecule has 0 unspecified atom stereocenters. The Bertz CT molecular complexity index is 190. The lowest BCUT2D eigenvalue weighted by Gasteiger charge is -2.29. The molecule has 0 aliphatic carbocycles. The predicted octanol–water partition coefficient (Wildman–Crippen LogP) is 2.36. The molecule has 0 amide bonds. The number of hydrogen-bond donors (Lipinski definition) is 1. The molecule has 0 atom stereocenters. The summed E-state index contributed by atoms with van der Waals surface area (Å²) in [6, 6.07) is 0. The summed E-state index contributed by atoms with van der Waals surface area (Å²) in [7, 11) is 0. The third kappa shape index (κ3) is 6.67. The summed E-state index contributed by atoms with van der Waals surface area (Å²) in [5.74, 6) is 1.24. The van der Waals surface area contributed by atoms with Gasteiger partial charge in [-0.15, -0.1) is 12.4 Å². The smallest absolute Gasteiger partial charge is 0.0226 e. The van der Waals surface area contributed by atoms with Crippen molar-refractivity contribution in [2.24, 2.45) is 5.73 Å². The number of thioether (sulfide) groups is 1. The number of hydrogen-bond acceptors (Lipinski definition) is 3. The fraction of sp³-hybridized carbons (Fsp3) is 1.00. The van der Waals surface area contributed by atoms with E-state index in [0.717, 1.165) is 6.54 Å². The van der Waals surface area contributed by atoms with Gasteiger partial charge in [0.1, 0.15) is 0 Å². The molecule has 2 N–H and O–H groups in total. The minimum atomic E-state index is -0.0564. The van der Waals surface area contributed by atoms with Crippen molar-refractivity contribution in [3.05, 3.63) is 0 Å². The van der Waals surface area contributed by atoms with Crippen molar-refractivity contribution in [1.29, 1.82) is 0 Å². The summed E-state index contributed by atoms with van der Waals surface area (Å²) in [5.41, 5.74) is 5.98. The zero-order chi connectivity index (χ0) is 10.8. The van der Waals surface area contributed by atoms with Gasteiger partial charge in [-0.2, -0.15) is 11.8 Å². The van der Waals surface area contributed by atoms with Gasteiger partial charge in [0, 0.05) is 29.1 Å². The standard InChI is InChI=1S/C11H24N2S.ClH/c1-10(2,12)9-13-6-5-11(3,4)14-8-7-13;/h5-9,12H2,1-4H3;1H. The first-order valence-corrected chi connectivity index (χ1v) is 6.42. The van der Waals surface area contributed by atoms with Gasteiger partial charge in [0.25, 0.3) is 0 Å². The molecule has 0 aromatic heterocycles. The van der Waals surface area contributed by atoms with Gasteiger partial charge in [-0.05, 0) is 26.8 Å². The maximum atomic E-state index is 6.04. The van der Waals surface area contributed by atoms with Crippen molar-refractivity contribution in [1.82, 2.24) is 4.90 Å². The average molecular weight is 253 g/mol. The molecule has 0 aromatic carbocycles.